The van der Waals surface area contributed by atoms with Crippen molar-refractivity contribution in [1.82, 2.24) is 15.8 Å². The summed E-state index contributed by atoms with van der Waals surface area (Å²) >= 11 is 0. The van der Waals surface area contributed by atoms with Gasteiger partial charge >= 0.3 is 6.03 Å². The average molecular weight is 466 g/mol. The van der Waals surface area contributed by atoms with Crippen LogP contribution in [0.5, 0.6) is 0 Å². The fraction of sp³-hybridized carbons (Fsp3) is 0.375. The Kier molecular flexibility index (Phi) is 6.23. The van der Waals surface area contributed by atoms with Crippen molar-refractivity contribution in [2.75, 3.05) is 18.0 Å². The molecule has 10 nitrogen and oxygen atoms in total. The number of urea groups is 1. The highest BCUT2D eigenvalue weighted by Gasteiger charge is 2.52. The minimum atomic E-state index is -1.30. The van der Waals surface area contributed by atoms with Crippen LogP contribution in [0.2, 0.25) is 0 Å². The maximum Gasteiger partial charge on any atom is 0.344 e. The Labute approximate surface area is 197 Å². The first-order chi connectivity index (χ1) is 16.3. The molecule has 178 valence electrons. The van der Waals surface area contributed by atoms with Crippen LogP contribution in [0.3, 0.4) is 0 Å². The third-order valence-corrected chi connectivity index (χ3v) is 6.66. The average Bonchev–Trinajstić information content (AvgIpc) is 3.09. The van der Waals surface area contributed by atoms with Crippen LogP contribution in [0, 0.1) is 16.0 Å². The number of nitro groups is 1. The summed E-state index contributed by atoms with van der Waals surface area (Å²) in [5.41, 5.74) is 1.87. The van der Waals surface area contributed by atoms with E-state index in [1.807, 2.05) is 4.90 Å². The third kappa shape index (κ3) is 4.07. The number of carbonyl (C=O) groups excluding carboxylic acids is 3. The molecule has 0 unspecified atom stereocenters. The molecule has 2 fully saturated rings. The Balaban J connectivity index is 1.57. The van der Waals surface area contributed by atoms with Gasteiger partial charge in [-0.3, -0.25) is 25.1 Å². The van der Waals surface area contributed by atoms with Crippen LogP contribution in [0.4, 0.5) is 16.2 Å². The zero-order chi connectivity index (χ0) is 24.5. The lowest BCUT2D eigenvalue weighted by atomic mass is 9.87. The molecule has 2 saturated heterocycles. The van der Waals surface area contributed by atoms with E-state index in [2.05, 4.69) is 17.7 Å². The van der Waals surface area contributed by atoms with Gasteiger partial charge in [0.15, 0.2) is 0 Å². The van der Waals surface area contributed by atoms with Gasteiger partial charge in [0.05, 0.1) is 4.92 Å². The fourth-order valence-electron chi connectivity index (χ4n) is 4.53. The summed E-state index contributed by atoms with van der Waals surface area (Å²) in [5, 5.41) is 15.1. The number of imide groups is 1. The summed E-state index contributed by atoms with van der Waals surface area (Å²) in [4.78, 5) is 51.9. The number of nitrogens with one attached hydrogen (secondary N) is 2. The summed E-state index contributed by atoms with van der Waals surface area (Å²) in [6.07, 6.45) is 2.15. The van der Waals surface area contributed by atoms with Crippen LogP contribution in [0.1, 0.15) is 49.0 Å². The van der Waals surface area contributed by atoms with E-state index >= 15 is 0 Å². The quantitative estimate of drug-likeness (QED) is 0.383. The van der Waals surface area contributed by atoms with E-state index in [1.54, 1.807) is 43.3 Å². The van der Waals surface area contributed by atoms with Gasteiger partial charge in [-0.2, -0.15) is 5.01 Å². The molecule has 2 heterocycles. The Morgan fingerprint density at radius 2 is 1.85 bits per heavy atom. The normalized spacial score (nSPS) is 20.9. The van der Waals surface area contributed by atoms with Crippen molar-refractivity contribution < 1.29 is 19.3 Å². The summed E-state index contributed by atoms with van der Waals surface area (Å²) in [6.45, 7) is 5.32. The second-order valence-corrected chi connectivity index (χ2v) is 8.77. The second-order valence-electron chi connectivity index (χ2n) is 8.77. The topological polar surface area (TPSA) is 125 Å². The van der Waals surface area contributed by atoms with Crippen molar-refractivity contribution in [2.45, 2.75) is 38.6 Å². The lowest BCUT2D eigenvalue weighted by Crippen LogP contribution is -2.48. The van der Waals surface area contributed by atoms with Crippen molar-refractivity contribution in [2.24, 2.45) is 5.92 Å². The molecular weight excluding hydrogens is 438 g/mol. The van der Waals surface area contributed by atoms with Crippen molar-refractivity contribution in [3.05, 3.63) is 69.8 Å². The molecular formula is C24H27N5O5. The van der Waals surface area contributed by atoms with Crippen LogP contribution in [0.15, 0.2) is 48.5 Å². The molecule has 0 saturated carbocycles. The van der Waals surface area contributed by atoms with Crippen LogP contribution >= 0.6 is 0 Å². The van der Waals surface area contributed by atoms with Gasteiger partial charge in [-0.15, -0.1) is 0 Å². The van der Waals surface area contributed by atoms with E-state index < -0.39 is 28.3 Å². The van der Waals surface area contributed by atoms with Gasteiger partial charge in [-0.1, -0.05) is 44.2 Å². The van der Waals surface area contributed by atoms with Gasteiger partial charge in [0, 0.05) is 24.7 Å². The van der Waals surface area contributed by atoms with Crippen LogP contribution in [-0.4, -0.2) is 40.9 Å². The first-order valence-corrected chi connectivity index (χ1v) is 11.3. The molecule has 0 aromatic heterocycles. The number of amides is 4. The predicted molar refractivity (Wildman–Crippen MR) is 125 cm³/mol. The molecule has 2 aromatic rings. The summed E-state index contributed by atoms with van der Waals surface area (Å²) in [5.74, 6) is -0.839. The van der Waals surface area contributed by atoms with E-state index in [1.165, 1.54) is 12.1 Å². The molecule has 4 rings (SSSR count). The Hall–Kier alpha value is -3.95. The van der Waals surface area contributed by atoms with Gasteiger partial charge in [-0.05, 0) is 42.9 Å². The zero-order valence-electron chi connectivity index (χ0n) is 19.1. The number of benzene rings is 2. The molecule has 0 spiro atoms. The highest BCUT2D eigenvalue weighted by atomic mass is 16.6. The number of hydrogen-bond donors (Lipinski definition) is 2. The first kappa shape index (κ1) is 23.2. The minimum Gasteiger partial charge on any atom is -0.366 e. The van der Waals surface area contributed by atoms with E-state index in [0.717, 1.165) is 12.8 Å². The summed E-state index contributed by atoms with van der Waals surface area (Å²) < 4.78 is 0. The predicted octanol–water partition coefficient (Wildman–Crippen LogP) is 3.33. The zero-order valence-corrected chi connectivity index (χ0v) is 19.1. The van der Waals surface area contributed by atoms with Gasteiger partial charge < -0.3 is 10.2 Å². The maximum atomic E-state index is 13.2. The van der Waals surface area contributed by atoms with Gasteiger partial charge in [-0.25, -0.2) is 4.79 Å². The molecule has 2 aromatic carbocycles. The highest BCUT2D eigenvalue weighted by Crippen LogP contribution is 2.33. The van der Waals surface area contributed by atoms with Crippen LogP contribution in [0.25, 0.3) is 0 Å². The molecule has 0 aliphatic carbocycles. The molecule has 4 amide bonds. The number of carbonyl (C=O) groups is 3. The molecule has 0 bridgehead atoms. The maximum absolute atomic E-state index is 13.2. The van der Waals surface area contributed by atoms with E-state index in [0.29, 0.717) is 35.3 Å². The molecule has 1 atom stereocenters. The molecule has 2 aliphatic rings. The largest absolute Gasteiger partial charge is 0.366 e. The minimum absolute atomic E-state index is 0.0184. The Morgan fingerprint density at radius 1 is 1.18 bits per heavy atom. The highest BCUT2D eigenvalue weighted by molar-refractivity contribution is 6.09. The smallest absolute Gasteiger partial charge is 0.344 e. The Morgan fingerprint density at radius 3 is 2.47 bits per heavy atom. The first-order valence-electron chi connectivity index (χ1n) is 11.3. The number of nitro benzene ring substituents is 1. The van der Waals surface area contributed by atoms with E-state index in [4.69, 9.17) is 0 Å². The summed E-state index contributed by atoms with van der Waals surface area (Å²) in [6, 6.07) is 12.2. The van der Waals surface area contributed by atoms with Crippen molar-refractivity contribution in [3.63, 3.8) is 0 Å². The molecule has 10 heteroatoms. The standard InChI is InChI=1S/C24H27N5O5/c1-3-24(18-7-5-4-6-8-18)22(31)28(23(32)25-24)26-21(30)17-9-10-19(20(15-17)29(33)34)27-13-11-16(2)12-14-27/h4-10,15-16H,3,11-14H2,1-2H3,(H,25,32)(H,26,30)/t24-/m1/s1. The van der Waals surface area contributed by atoms with Gasteiger partial charge in [0.2, 0.25) is 0 Å². The van der Waals surface area contributed by atoms with E-state index in [9.17, 15) is 24.5 Å². The third-order valence-electron chi connectivity index (χ3n) is 6.66. The monoisotopic (exact) mass is 465 g/mol. The molecule has 2 aliphatic heterocycles. The van der Waals surface area contributed by atoms with Crippen molar-refractivity contribution in [1.29, 1.82) is 0 Å². The number of anilines is 1. The Bertz CT molecular complexity index is 1130. The second kappa shape index (κ2) is 9.12. The SMILES string of the molecule is CC[C@]1(c2ccccc2)NC(=O)N(NC(=O)c2ccc(N3CCC(C)CC3)c([N+](=O)[O-])c2)C1=O. The van der Waals surface area contributed by atoms with Crippen LogP contribution < -0.4 is 15.6 Å². The number of rotatable bonds is 6. The number of hydrazine groups is 1. The lowest BCUT2D eigenvalue weighted by molar-refractivity contribution is -0.384. The fourth-order valence-corrected chi connectivity index (χ4v) is 4.53. The molecule has 2 N–H and O–H groups in total. The van der Waals surface area contributed by atoms with Crippen molar-refractivity contribution >= 4 is 29.2 Å². The molecule has 0 radical (unpaired) electrons. The number of hydrogen-bond acceptors (Lipinski definition) is 6. The molecule has 34 heavy (non-hydrogen) atoms. The number of nitrogens with zero attached hydrogens (tertiary/aromatic N) is 3. The number of piperidine rings is 1. The van der Waals surface area contributed by atoms with Crippen LogP contribution in [-0.2, 0) is 10.3 Å². The lowest BCUT2D eigenvalue weighted by Gasteiger charge is -2.31. The summed E-state index contributed by atoms with van der Waals surface area (Å²) in [7, 11) is 0. The van der Waals surface area contributed by atoms with Gasteiger partial charge in [0.25, 0.3) is 17.5 Å². The van der Waals surface area contributed by atoms with Gasteiger partial charge in [0.1, 0.15) is 11.2 Å². The van der Waals surface area contributed by atoms with E-state index in [-0.39, 0.29) is 17.7 Å². The van der Waals surface area contributed by atoms with Crippen molar-refractivity contribution in [3.8, 4) is 0 Å².